The number of rotatable bonds is 16. The van der Waals surface area contributed by atoms with E-state index in [1.807, 2.05) is 12.1 Å². The van der Waals surface area contributed by atoms with Crippen LogP contribution in [0.4, 0.5) is 0 Å². The molecule has 0 N–H and O–H groups in total. The maximum Gasteiger partial charge on any atom is 1.00 e. The number of aryl methyl sites for hydroxylation is 2. The standard InChI is InChI=1S/C23H40O4S.Na/c1-4-6-8-10-12-14-21-16-17-23(27-19-20(3)28(24,25)26)18-22(21)15-13-11-9-7-5-2;/h16-18,20H,4-15,19H2,1-3H3,(H,24,25,26);/q;+1/p-1. The van der Waals surface area contributed by atoms with Crippen molar-refractivity contribution in [3.05, 3.63) is 29.3 Å². The molecule has 29 heavy (non-hydrogen) atoms. The van der Waals surface area contributed by atoms with Crippen molar-refractivity contribution in [2.24, 2.45) is 0 Å². The largest absolute Gasteiger partial charge is 1.00 e. The fourth-order valence-electron chi connectivity index (χ4n) is 3.30. The van der Waals surface area contributed by atoms with Crippen LogP contribution in [0.3, 0.4) is 0 Å². The van der Waals surface area contributed by atoms with E-state index < -0.39 is 15.4 Å². The summed E-state index contributed by atoms with van der Waals surface area (Å²) in [6, 6.07) is 6.07. The van der Waals surface area contributed by atoms with E-state index >= 15 is 0 Å². The van der Waals surface area contributed by atoms with Gasteiger partial charge in [-0.3, -0.25) is 0 Å². The summed E-state index contributed by atoms with van der Waals surface area (Å²) < 4.78 is 38.8. The second kappa shape index (κ2) is 16.6. The fourth-order valence-corrected chi connectivity index (χ4v) is 3.54. The number of hydrogen-bond donors (Lipinski definition) is 0. The molecule has 4 nitrogen and oxygen atoms in total. The van der Waals surface area contributed by atoms with E-state index in [-0.39, 0.29) is 36.2 Å². The van der Waals surface area contributed by atoms with Gasteiger partial charge in [0, 0.05) is 0 Å². The van der Waals surface area contributed by atoms with Gasteiger partial charge in [0.25, 0.3) is 0 Å². The normalized spacial score (nSPS) is 12.4. The molecule has 0 aliphatic heterocycles. The summed E-state index contributed by atoms with van der Waals surface area (Å²) in [5.74, 6) is 0.661. The minimum atomic E-state index is -4.31. The van der Waals surface area contributed by atoms with Gasteiger partial charge in [0.1, 0.15) is 22.5 Å². The maximum absolute atomic E-state index is 11.1. The molecule has 0 spiro atoms. The summed E-state index contributed by atoms with van der Waals surface area (Å²) in [4.78, 5) is 0. The van der Waals surface area contributed by atoms with Gasteiger partial charge in [-0.05, 0) is 55.9 Å². The zero-order chi connectivity index (χ0) is 20.8. The van der Waals surface area contributed by atoms with Crippen molar-refractivity contribution in [3.8, 4) is 5.75 Å². The molecule has 0 heterocycles. The number of benzene rings is 1. The first kappa shape index (κ1) is 28.9. The van der Waals surface area contributed by atoms with E-state index in [0.29, 0.717) is 5.75 Å². The first-order valence-corrected chi connectivity index (χ1v) is 12.5. The summed E-state index contributed by atoms with van der Waals surface area (Å²) in [6.45, 7) is 5.74. The van der Waals surface area contributed by atoms with E-state index in [0.717, 1.165) is 19.3 Å². The van der Waals surface area contributed by atoms with E-state index in [1.165, 1.54) is 75.8 Å². The Labute approximate surface area is 201 Å². The van der Waals surface area contributed by atoms with Gasteiger partial charge in [0.2, 0.25) is 0 Å². The third-order valence-corrected chi connectivity index (χ3v) is 6.38. The van der Waals surface area contributed by atoms with Crippen LogP contribution in [0.15, 0.2) is 18.2 Å². The van der Waals surface area contributed by atoms with Gasteiger partial charge in [0.15, 0.2) is 0 Å². The van der Waals surface area contributed by atoms with E-state index in [2.05, 4.69) is 19.9 Å². The van der Waals surface area contributed by atoms with Crippen molar-refractivity contribution in [1.29, 1.82) is 0 Å². The van der Waals surface area contributed by atoms with Gasteiger partial charge >= 0.3 is 29.6 Å². The van der Waals surface area contributed by atoms with Crippen LogP contribution in [-0.4, -0.2) is 24.8 Å². The minimum Gasteiger partial charge on any atom is -0.748 e. The van der Waals surface area contributed by atoms with E-state index in [4.69, 9.17) is 4.74 Å². The predicted octanol–water partition coefficient (Wildman–Crippen LogP) is 3.03. The van der Waals surface area contributed by atoms with Crippen molar-refractivity contribution in [1.82, 2.24) is 0 Å². The molecular formula is C23H39NaO4S. The molecule has 0 saturated carbocycles. The zero-order valence-electron chi connectivity index (χ0n) is 19.0. The molecule has 1 rings (SSSR count). The average Bonchev–Trinajstić information content (AvgIpc) is 2.66. The molecule has 0 aliphatic carbocycles. The summed E-state index contributed by atoms with van der Waals surface area (Å²) in [6.07, 6.45) is 14.6. The summed E-state index contributed by atoms with van der Waals surface area (Å²) in [5, 5.41) is -1.04. The molecule has 0 fully saturated rings. The van der Waals surface area contributed by atoms with Crippen molar-refractivity contribution in [2.45, 2.75) is 103 Å². The molecule has 1 aromatic rings. The van der Waals surface area contributed by atoms with Crippen LogP contribution >= 0.6 is 0 Å². The monoisotopic (exact) mass is 434 g/mol. The molecule has 1 atom stereocenters. The Morgan fingerprint density at radius 2 is 1.38 bits per heavy atom. The second-order valence-corrected chi connectivity index (χ2v) is 9.66. The molecule has 1 unspecified atom stereocenters. The van der Waals surface area contributed by atoms with Crippen molar-refractivity contribution in [2.75, 3.05) is 6.61 Å². The van der Waals surface area contributed by atoms with E-state index in [1.54, 1.807) is 0 Å². The minimum absolute atomic E-state index is 0. The van der Waals surface area contributed by atoms with E-state index in [9.17, 15) is 13.0 Å². The molecule has 0 aromatic heterocycles. The molecule has 0 radical (unpaired) electrons. The van der Waals surface area contributed by atoms with Crippen LogP contribution in [0, 0.1) is 0 Å². The molecule has 1 aromatic carbocycles. The summed E-state index contributed by atoms with van der Waals surface area (Å²) in [7, 11) is -4.31. The Morgan fingerprint density at radius 3 is 1.90 bits per heavy atom. The van der Waals surface area contributed by atoms with Gasteiger partial charge in [-0.1, -0.05) is 71.3 Å². The molecule has 0 aliphatic rings. The van der Waals surface area contributed by atoms with Crippen molar-refractivity contribution < 1.29 is 47.3 Å². The summed E-state index contributed by atoms with van der Waals surface area (Å²) in [5.41, 5.74) is 2.69. The molecular weight excluding hydrogens is 395 g/mol. The Morgan fingerprint density at radius 1 is 0.862 bits per heavy atom. The number of hydrogen-bond acceptors (Lipinski definition) is 4. The average molecular weight is 435 g/mol. The van der Waals surface area contributed by atoms with Gasteiger partial charge in [-0.15, -0.1) is 0 Å². The van der Waals surface area contributed by atoms with Crippen LogP contribution in [-0.2, 0) is 23.0 Å². The molecule has 162 valence electrons. The van der Waals surface area contributed by atoms with Gasteiger partial charge in [-0.2, -0.15) is 0 Å². The number of unbranched alkanes of at least 4 members (excludes halogenated alkanes) is 8. The number of ether oxygens (including phenoxy) is 1. The molecule has 0 bridgehead atoms. The van der Waals surface area contributed by atoms with Gasteiger partial charge < -0.3 is 9.29 Å². The second-order valence-electron chi connectivity index (χ2n) is 7.87. The Hall–Kier alpha value is -0.0700. The third-order valence-electron chi connectivity index (χ3n) is 5.25. The molecule has 6 heteroatoms. The quantitative estimate of drug-likeness (QED) is 0.228. The molecule has 0 saturated heterocycles. The Balaban J connectivity index is 0.00000784. The Bertz CT molecular complexity index is 646. The predicted molar refractivity (Wildman–Crippen MR) is 116 cm³/mol. The van der Waals surface area contributed by atoms with Crippen LogP contribution in [0.25, 0.3) is 0 Å². The first-order valence-electron chi connectivity index (χ1n) is 11.1. The smallest absolute Gasteiger partial charge is 0.748 e. The van der Waals surface area contributed by atoms with Gasteiger partial charge in [0.05, 0.1) is 5.25 Å². The van der Waals surface area contributed by atoms with Crippen LogP contribution in [0.5, 0.6) is 5.75 Å². The first-order chi connectivity index (χ1) is 13.4. The van der Waals surface area contributed by atoms with Gasteiger partial charge in [-0.25, -0.2) is 8.42 Å². The van der Waals surface area contributed by atoms with Crippen LogP contribution in [0.2, 0.25) is 0 Å². The van der Waals surface area contributed by atoms with Crippen molar-refractivity contribution >= 4 is 10.1 Å². The van der Waals surface area contributed by atoms with Crippen LogP contribution in [0.1, 0.15) is 96.1 Å². The fraction of sp³-hybridized carbons (Fsp3) is 0.739. The topological polar surface area (TPSA) is 66.4 Å². The van der Waals surface area contributed by atoms with Crippen LogP contribution < -0.4 is 34.3 Å². The SMILES string of the molecule is CCCCCCCc1ccc(OCC(C)S(=O)(=O)[O-])cc1CCCCCCC.[Na+]. The maximum atomic E-state index is 11.1. The molecule has 0 amide bonds. The Kier molecular flexibility index (Phi) is 16.6. The zero-order valence-corrected chi connectivity index (χ0v) is 21.9. The third kappa shape index (κ3) is 13.1. The summed E-state index contributed by atoms with van der Waals surface area (Å²) >= 11 is 0. The van der Waals surface area contributed by atoms with Crippen molar-refractivity contribution in [3.63, 3.8) is 0 Å².